The Morgan fingerprint density at radius 1 is 0.929 bits per heavy atom. The first kappa shape index (κ1) is 24.7. The number of aryl methyl sites for hydroxylation is 1. The molecule has 5 nitrogen and oxygen atoms in total. The molecule has 204 valence electrons. The molecule has 2 aliphatic carbocycles. The highest BCUT2D eigenvalue weighted by Gasteiger charge is 2.27. The molecule has 0 radical (unpaired) electrons. The monoisotopic (exact) mass is 546 g/mol. The maximum Gasteiger partial charge on any atom is 0.152 e. The summed E-state index contributed by atoms with van der Waals surface area (Å²) < 4.78 is 0. The zero-order chi connectivity index (χ0) is 28.2. The normalized spacial score (nSPS) is 16.2. The third-order valence-corrected chi connectivity index (χ3v) is 8.95. The van der Waals surface area contributed by atoms with Gasteiger partial charge in [0.1, 0.15) is 11.6 Å². The van der Waals surface area contributed by atoms with Crippen molar-refractivity contribution in [2.45, 2.75) is 31.7 Å². The molecule has 4 aromatic carbocycles. The molecule has 0 saturated carbocycles. The molecule has 0 fully saturated rings. The summed E-state index contributed by atoms with van der Waals surface area (Å²) in [5, 5.41) is 3.85. The summed E-state index contributed by atoms with van der Waals surface area (Å²) in [7, 11) is 2.08. The van der Waals surface area contributed by atoms with E-state index in [1.165, 1.54) is 38.6 Å². The van der Waals surface area contributed by atoms with Gasteiger partial charge in [-0.25, -0.2) is 9.97 Å². The average Bonchev–Trinajstić information content (AvgIpc) is 3.46. The number of rotatable bonds is 5. The highest BCUT2D eigenvalue weighted by molar-refractivity contribution is 5.95. The number of carbonyl (C=O) groups is 1. The van der Waals surface area contributed by atoms with Crippen LogP contribution in [0.5, 0.6) is 0 Å². The van der Waals surface area contributed by atoms with Crippen molar-refractivity contribution in [1.29, 1.82) is 0 Å². The SMILES string of the molecule is CN(Cc1nc2c(C=O)cccc2[nH]1)c1nc2ccccc2cc1C1C=CC2=C(CCc3c2ccc2ccccc32)C1. The van der Waals surface area contributed by atoms with Crippen molar-refractivity contribution >= 4 is 50.4 Å². The third-order valence-electron chi connectivity index (χ3n) is 8.95. The number of aromatic nitrogens is 3. The minimum absolute atomic E-state index is 0.234. The first-order valence-corrected chi connectivity index (χ1v) is 14.6. The van der Waals surface area contributed by atoms with Gasteiger partial charge in [-0.1, -0.05) is 78.4 Å². The van der Waals surface area contributed by atoms with Crippen molar-refractivity contribution in [2.75, 3.05) is 11.9 Å². The molecular formula is C37H30N4O. The Labute approximate surface area is 244 Å². The number of allylic oxidation sites excluding steroid dienone is 4. The largest absolute Gasteiger partial charge is 0.352 e. The standard InChI is InChI=1S/C37H30N4O/c1-41(21-35-38-34-12-6-9-27(22-42)36(34)40-35)37-32(20-26-8-3-5-11-33(26)39-37)25-14-16-29-24(19-25)15-18-30-28-10-4-2-7-23(28)13-17-31(29)30/h2-14,16-17,20,22,25H,15,18-19,21H2,1H3,(H,38,40). The van der Waals surface area contributed by atoms with Gasteiger partial charge in [-0.3, -0.25) is 4.79 Å². The van der Waals surface area contributed by atoms with E-state index in [1.807, 2.05) is 18.2 Å². The van der Waals surface area contributed by atoms with Crippen molar-refractivity contribution in [1.82, 2.24) is 15.0 Å². The van der Waals surface area contributed by atoms with Crippen molar-refractivity contribution in [2.24, 2.45) is 0 Å². The van der Waals surface area contributed by atoms with Crippen LogP contribution in [0.15, 0.2) is 103 Å². The average molecular weight is 547 g/mol. The van der Waals surface area contributed by atoms with Crippen LogP contribution in [0, 0.1) is 0 Å². The van der Waals surface area contributed by atoms with Gasteiger partial charge in [0.15, 0.2) is 6.29 Å². The van der Waals surface area contributed by atoms with Crippen molar-refractivity contribution < 1.29 is 4.79 Å². The second-order valence-corrected chi connectivity index (χ2v) is 11.5. The first-order valence-electron chi connectivity index (χ1n) is 14.6. The number of imidazole rings is 1. The molecule has 42 heavy (non-hydrogen) atoms. The lowest BCUT2D eigenvalue weighted by Crippen LogP contribution is -2.22. The van der Waals surface area contributed by atoms with Crippen LogP contribution in [0.1, 0.15) is 51.6 Å². The van der Waals surface area contributed by atoms with Gasteiger partial charge in [0.05, 0.1) is 23.1 Å². The number of hydrogen-bond acceptors (Lipinski definition) is 4. The van der Waals surface area contributed by atoms with Crippen LogP contribution < -0.4 is 4.90 Å². The molecule has 0 bridgehead atoms. The van der Waals surface area contributed by atoms with Crippen LogP contribution in [0.3, 0.4) is 0 Å². The predicted octanol–water partition coefficient (Wildman–Crippen LogP) is 8.16. The van der Waals surface area contributed by atoms with E-state index in [1.54, 1.807) is 6.07 Å². The molecule has 2 heterocycles. The third kappa shape index (κ3) is 4.04. The topological polar surface area (TPSA) is 61.9 Å². The summed E-state index contributed by atoms with van der Waals surface area (Å²) in [6.07, 6.45) is 8.75. The second kappa shape index (κ2) is 9.81. The zero-order valence-electron chi connectivity index (χ0n) is 23.5. The lowest BCUT2D eigenvalue weighted by molar-refractivity contribution is 0.112. The number of H-pyrrole nitrogens is 1. The number of fused-ring (bicyclic) bond motifs is 6. The number of nitrogens with zero attached hydrogens (tertiary/aromatic N) is 3. The molecular weight excluding hydrogens is 516 g/mol. The van der Waals surface area contributed by atoms with Crippen LogP contribution in [-0.2, 0) is 13.0 Å². The Kier molecular flexibility index (Phi) is 5.78. The number of anilines is 1. The number of aromatic amines is 1. The maximum absolute atomic E-state index is 11.6. The maximum atomic E-state index is 11.6. The number of pyridine rings is 1. The summed E-state index contributed by atoms with van der Waals surface area (Å²) in [5.41, 5.74) is 10.2. The van der Waals surface area contributed by atoms with Crippen LogP contribution in [0.25, 0.3) is 38.3 Å². The molecule has 5 heteroatoms. The Balaban J connectivity index is 1.16. The number of nitrogens with one attached hydrogen (secondary N) is 1. The summed E-state index contributed by atoms with van der Waals surface area (Å²) in [6.45, 7) is 0.552. The zero-order valence-corrected chi connectivity index (χ0v) is 23.5. The number of hydrogen-bond donors (Lipinski definition) is 1. The quantitative estimate of drug-likeness (QED) is 0.222. The molecule has 8 rings (SSSR count). The van der Waals surface area contributed by atoms with E-state index in [0.29, 0.717) is 17.6 Å². The van der Waals surface area contributed by atoms with Crippen LogP contribution in [0.4, 0.5) is 5.82 Å². The number of carbonyl (C=O) groups excluding carboxylic acids is 1. The minimum atomic E-state index is 0.234. The van der Waals surface area contributed by atoms with E-state index in [2.05, 4.69) is 89.7 Å². The van der Waals surface area contributed by atoms with Gasteiger partial charge >= 0.3 is 0 Å². The summed E-state index contributed by atoms with van der Waals surface area (Å²) in [6, 6.07) is 29.6. The molecule has 0 spiro atoms. The fraction of sp³-hybridized carbons (Fsp3) is 0.162. The second-order valence-electron chi connectivity index (χ2n) is 11.5. The van der Waals surface area contributed by atoms with Crippen LogP contribution >= 0.6 is 0 Å². The molecule has 2 aromatic heterocycles. The van der Waals surface area contributed by atoms with E-state index in [9.17, 15) is 4.79 Å². The Bertz CT molecular complexity index is 2100. The van der Waals surface area contributed by atoms with Gasteiger partial charge in [0.25, 0.3) is 0 Å². The number of para-hydroxylation sites is 2. The van der Waals surface area contributed by atoms with Gasteiger partial charge in [-0.05, 0) is 71.0 Å². The van der Waals surface area contributed by atoms with E-state index in [-0.39, 0.29) is 5.92 Å². The summed E-state index contributed by atoms with van der Waals surface area (Å²) >= 11 is 0. The Hall–Kier alpha value is -5.03. The van der Waals surface area contributed by atoms with E-state index in [0.717, 1.165) is 53.6 Å². The molecule has 1 atom stereocenters. The molecule has 0 aliphatic heterocycles. The Morgan fingerprint density at radius 2 is 1.79 bits per heavy atom. The fourth-order valence-electron chi connectivity index (χ4n) is 6.91. The predicted molar refractivity (Wildman–Crippen MR) is 171 cm³/mol. The van der Waals surface area contributed by atoms with E-state index < -0.39 is 0 Å². The molecule has 0 saturated heterocycles. The molecule has 2 aliphatic rings. The first-order chi connectivity index (χ1) is 20.7. The lowest BCUT2D eigenvalue weighted by atomic mass is 9.75. The number of aldehydes is 1. The van der Waals surface area contributed by atoms with Crippen molar-refractivity contribution in [3.8, 4) is 0 Å². The highest BCUT2D eigenvalue weighted by atomic mass is 16.1. The highest BCUT2D eigenvalue weighted by Crippen LogP contribution is 2.45. The number of benzene rings is 4. The minimum Gasteiger partial charge on any atom is -0.352 e. The van der Waals surface area contributed by atoms with Gasteiger partial charge in [-0.2, -0.15) is 0 Å². The smallest absolute Gasteiger partial charge is 0.152 e. The summed E-state index contributed by atoms with van der Waals surface area (Å²) in [5.74, 6) is 2.01. The van der Waals surface area contributed by atoms with Gasteiger partial charge in [0.2, 0.25) is 0 Å². The molecule has 6 aromatic rings. The summed E-state index contributed by atoms with van der Waals surface area (Å²) in [4.78, 5) is 27.1. The van der Waals surface area contributed by atoms with Gasteiger partial charge < -0.3 is 9.88 Å². The van der Waals surface area contributed by atoms with Crippen LogP contribution in [0.2, 0.25) is 0 Å². The van der Waals surface area contributed by atoms with E-state index >= 15 is 0 Å². The van der Waals surface area contributed by atoms with Crippen molar-refractivity contribution in [3.63, 3.8) is 0 Å². The molecule has 0 amide bonds. The lowest BCUT2D eigenvalue weighted by Gasteiger charge is -2.31. The van der Waals surface area contributed by atoms with Gasteiger partial charge in [-0.15, -0.1) is 0 Å². The van der Waals surface area contributed by atoms with Crippen molar-refractivity contribution in [3.05, 3.63) is 131 Å². The van der Waals surface area contributed by atoms with Crippen LogP contribution in [-0.4, -0.2) is 28.3 Å². The van der Waals surface area contributed by atoms with Gasteiger partial charge in [0, 0.05) is 29.5 Å². The molecule has 1 unspecified atom stereocenters. The fourth-order valence-corrected chi connectivity index (χ4v) is 6.91. The molecule has 1 N–H and O–H groups in total. The Morgan fingerprint density at radius 3 is 2.69 bits per heavy atom. The van der Waals surface area contributed by atoms with E-state index in [4.69, 9.17) is 9.97 Å².